The minimum Gasteiger partial charge on any atom is -0.382 e. The molecule has 3 rings (SSSR count). The van der Waals surface area contributed by atoms with Gasteiger partial charge in [0.25, 0.3) is 0 Å². The molecule has 0 saturated heterocycles. The van der Waals surface area contributed by atoms with Gasteiger partial charge in [-0.1, -0.05) is 18.2 Å². The van der Waals surface area contributed by atoms with E-state index in [-0.39, 0.29) is 0 Å². The Morgan fingerprint density at radius 2 is 2.11 bits per heavy atom. The van der Waals surface area contributed by atoms with Crippen molar-refractivity contribution in [2.45, 2.75) is 32.4 Å². The van der Waals surface area contributed by atoms with Gasteiger partial charge in [0.1, 0.15) is 5.82 Å². The van der Waals surface area contributed by atoms with Crippen LogP contribution >= 0.6 is 0 Å². The highest BCUT2D eigenvalue weighted by Crippen LogP contribution is 2.31. The van der Waals surface area contributed by atoms with Crippen molar-refractivity contribution in [3.63, 3.8) is 0 Å². The van der Waals surface area contributed by atoms with E-state index < -0.39 is 0 Å². The number of fused-ring (bicyclic) bond motifs is 1. The first-order valence-corrected chi connectivity index (χ1v) is 6.65. The molecule has 1 unspecified atom stereocenters. The summed E-state index contributed by atoms with van der Waals surface area (Å²) in [5, 5.41) is 0. The number of hydrogen-bond acceptors (Lipinski definition) is 4. The molecule has 2 heterocycles. The van der Waals surface area contributed by atoms with Crippen LogP contribution < -0.4 is 10.6 Å². The quantitative estimate of drug-likeness (QED) is 0.894. The molecule has 98 valence electrons. The molecule has 0 fully saturated rings. The molecule has 19 heavy (non-hydrogen) atoms. The minimum atomic E-state index is 0.468. The molecular formula is C15H18N4. The number of nitrogens with two attached hydrogens (primary N) is 1. The van der Waals surface area contributed by atoms with Gasteiger partial charge in [-0.2, -0.15) is 0 Å². The van der Waals surface area contributed by atoms with Gasteiger partial charge in [0.2, 0.25) is 0 Å². The van der Waals surface area contributed by atoms with Crippen molar-refractivity contribution in [2.24, 2.45) is 0 Å². The third-order valence-electron chi connectivity index (χ3n) is 3.72. The van der Waals surface area contributed by atoms with E-state index in [9.17, 15) is 0 Å². The smallest absolute Gasteiger partial charge is 0.141 e. The maximum absolute atomic E-state index is 5.58. The number of aryl methyl sites for hydroxylation is 1. The number of benzene rings is 1. The van der Waals surface area contributed by atoms with Gasteiger partial charge in [-0.15, -0.1) is 0 Å². The van der Waals surface area contributed by atoms with Crippen molar-refractivity contribution in [1.82, 2.24) is 9.97 Å². The van der Waals surface area contributed by atoms with Crippen molar-refractivity contribution < 1.29 is 0 Å². The fraction of sp³-hybridized carbons (Fsp3) is 0.333. The van der Waals surface area contributed by atoms with Gasteiger partial charge in [0.05, 0.1) is 24.6 Å². The summed E-state index contributed by atoms with van der Waals surface area (Å²) in [7, 11) is 0. The Hall–Kier alpha value is -2.10. The Kier molecular flexibility index (Phi) is 3.07. The van der Waals surface area contributed by atoms with Gasteiger partial charge in [0, 0.05) is 11.7 Å². The Balaban J connectivity index is 1.89. The molecule has 1 aliphatic rings. The zero-order valence-corrected chi connectivity index (χ0v) is 11.1. The summed E-state index contributed by atoms with van der Waals surface area (Å²) in [4.78, 5) is 10.9. The van der Waals surface area contributed by atoms with Gasteiger partial charge in [0.15, 0.2) is 0 Å². The first-order chi connectivity index (χ1) is 9.24. The summed E-state index contributed by atoms with van der Waals surface area (Å²) in [5.74, 6) is 0.468. The molecule has 2 N–H and O–H groups in total. The Labute approximate surface area is 113 Å². The molecule has 0 saturated carbocycles. The summed E-state index contributed by atoms with van der Waals surface area (Å²) in [6.07, 6.45) is 5.72. The first kappa shape index (κ1) is 12.0. The highest BCUT2D eigenvalue weighted by atomic mass is 15.2. The van der Waals surface area contributed by atoms with Crippen molar-refractivity contribution >= 4 is 11.5 Å². The molecule has 0 spiro atoms. The Morgan fingerprint density at radius 1 is 1.26 bits per heavy atom. The Bertz CT molecular complexity index is 565. The zero-order valence-electron chi connectivity index (χ0n) is 11.1. The fourth-order valence-electron chi connectivity index (χ4n) is 2.62. The van der Waals surface area contributed by atoms with Crippen LogP contribution in [0.5, 0.6) is 0 Å². The number of aromatic nitrogens is 2. The minimum absolute atomic E-state index is 0.468. The molecule has 4 heteroatoms. The Morgan fingerprint density at radius 3 is 2.89 bits per heavy atom. The van der Waals surface area contributed by atoms with Crippen LogP contribution in [-0.2, 0) is 13.0 Å². The highest BCUT2D eigenvalue weighted by molar-refractivity contribution is 5.56. The second-order valence-corrected chi connectivity index (χ2v) is 5.08. The van der Waals surface area contributed by atoms with Gasteiger partial charge < -0.3 is 10.6 Å². The molecule has 0 radical (unpaired) electrons. The molecule has 1 atom stereocenters. The zero-order chi connectivity index (χ0) is 13.2. The van der Waals surface area contributed by atoms with E-state index in [2.05, 4.69) is 46.1 Å². The van der Waals surface area contributed by atoms with Crippen molar-refractivity contribution in [2.75, 3.05) is 10.6 Å². The maximum Gasteiger partial charge on any atom is 0.141 e. The van der Waals surface area contributed by atoms with Crippen LogP contribution in [0.3, 0.4) is 0 Å². The van der Waals surface area contributed by atoms with E-state index in [4.69, 9.17) is 5.73 Å². The van der Waals surface area contributed by atoms with Crippen LogP contribution in [0, 0.1) is 0 Å². The van der Waals surface area contributed by atoms with Crippen molar-refractivity contribution in [1.29, 1.82) is 0 Å². The van der Waals surface area contributed by atoms with Crippen LogP contribution in [-0.4, -0.2) is 16.0 Å². The number of hydrogen-bond donors (Lipinski definition) is 1. The van der Waals surface area contributed by atoms with Gasteiger partial charge in [-0.3, -0.25) is 4.98 Å². The third kappa shape index (κ3) is 2.38. The van der Waals surface area contributed by atoms with Crippen LogP contribution in [0.1, 0.15) is 24.6 Å². The summed E-state index contributed by atoms with van der Waals surface area (Å²) >= 11 is 0. The third-order valence-corrected chi connectivity index (χ3v) is 3.72. The van der Waals surface area contributed by atoms with E-state index in [0.29, 0.717) is 11.9 Å². The lowest BCUT2D eigenvalue weighted by molar-refractivity contribution is 0.556. The van der Waals surface area contributed by atoms with Crippen molar-refractivity contribution in [3.8, 4) is 0 Å². The van der Waals surface area contributed by atoms with Crippen LogP contribution in [0.2, 0.25) is 0 Å². The lowest BCUT2D eigenvalue weighted by Crippen LogP contribution is -2.37. The maximum atomic E-state index is 5.58. The average Bonchev–Trinajstić information content (AvgIpc) is 2.44. The normalized spacial score (nSPS) is 18.2. The summed E-state index contributed by atoms with van der Waals surface area (Å²) in [5.41, 5.74) is 9.27. The molecule has 1 aromatic heterocycles. The molecule has 0 aliphatic carbocycles. The van der Waals surface area contributed by atoms with Gasteiger partial charge in [-0.25, -0.2) is 4.98 Å². The fourth-order valence-corrected chi connectivity index (χ4v) is 2.62. The SMILES string of the molecule is CC1CCc2ccccc2N1Cc1cnc(N)cn1. The van der Waals surface area contributed by atoms with Crippen LogP contribution in [0.25, 0.3) is 0 Å². The topological polar surface area (TPSA) is 55.0 Å². The summed E-state index contributed by atoms with van der Waals surface area (Å²) in [6.45, 7) is 3.05. The van der Waals surface area contributed by atoms with E-state index >= 15 is 0 Å². The average molecular weight is 254 g/mol. The summed E-state index contributed by atoms with van der Waals surface area (Å²) in [6, 6.07) is 9.13. The number of rotatable bonds is 2. The second kappa shape index (κ2) is 4.88. The van der Waals surface area contributed by atoms with Crippen LogP contribution in [0.4, 0.5) is 11.5 Å². The lowest BCUT2D eigenvalue weighted by atomic mass is 9.96. The first-order valence-electron chi connectivity index (χ1n) is 6.65. The molecule has 0 bridgehead atoms. The number of anilines is 2. The molecule has 4 nitrogen and oxygen atoms in total. The molecule has 2 aromatic rings. The van der Waals surface area contributed by atoms with E-state index in [1.54, 1.807) is 12.4 Å². The molecule has 1 aliphatic heterocycles. The van der Waals surface area contributed by atoms with E-state index in [1.165, 1.54) is 17.7 Å². The lowest BCUT2D eigenvalue weighted by Gasteiger charge is -2.36. The number of nitrogen functional groups attached to an aromatic ring is 1. The predicted octanol–water partition coefficient (Wildman–Crippen LogP) is 2.40. The van der Waals surface area contributed by atoms with Gasteiger partial charge in [-0.05, 0) is 31.4 Å². The highest BCUT2D eigenvalue weighted by Gasteiger charge is 2.22. The number of para-hydroxylation sites is 1. The molecule has 1 aromatic carbocycles. The molecule has 0 amide bonds. The van der Waals surface area contributed by atoms with E-state index in [0.717, 1.165) is 18.7 Å². The largest absolute Gasteiger partial charge is 0.382 e. The summed E-state index contributed by atoms with van der Waals surface area (Å²) < 4.78 is 0. The van der Waals surface area contributed by atoms with Crippen LogP contribution in [0.15, 0.2) is 36.7 Å². The standard InChI is InChI=1S/C15H18N4/c1-11-6-7-12-4-2-3-5-14(12)19(11)10-13-8-18-15(16)9-17-13/h2-5,8-9,11H,6-7,10H2,1H3,(H2,16,18). The second-order valence-electron chi connectivity index (χ2n) is 5.08. The molecular weight excluding hydrogens is 236 g/mol. The predicted molar refractivity (Wildman–Crippen MR) is 76.9 cm³/mol. The van der Waals surface area contributed by atoms with Gasteiger partial charge >= 0.3 is 0 Å². The monoisotopic (exact) mass is 254 g/mol. The number of nitrogens with zero attached hydrogens (tertiary/aromatic N) is 3. The van der Waals surface area contributed by atoms with Crippen molar-refractivity contribution in [3.05, 3.63) is 47.9 Å². The van der Waals surface area contributed by atoms with E-state index in [1.807, 2.05) is 0 Å².